The summed E-state index contributed by atoms with van der Waals surface area (Å²) in [6.45, 7) is 5.24. The topological polar surface area (TPSA) is 162 Å². The third-order valence-corrected chi connectivity index (χ3v) is 10.1. The fourth-order valence-corrected chi connectivity index (χ4v) is 7.10. The number of methoxy groups -OCH3 is 2. The number of fused-ring (bicyclic) bond motifs is 4. The van der Waals surface area contributed by atoms with Crippen molar-refractivity contribution in [3.05, 3.63) is 82.2 Å². The molecule has 2 atom stereocenters. The fourth-order valence-electron chi connectivity index (χ4n) is 7.10. The van der Waals surface area contributed by atoms with Gasteiger partial charge in [-0.25, -0.2) is 0 Å². The summed E-state index contributed by atoms with van der Waals surface area (Å²) < 4.78 is 29.7. The quantitative estimate of drug-likeness (QED) is 0.146. The number of nitrogens with zero attached hydrogens (tertiary/aromatic N) is 5. The fraction of sp³-hybridized carbons (Fsp3) is 0.366. The Hall–Kier alpha value is -5.89. The standard InChI is InChI=1S/C41H43N5O9.ClH/c1-5-24-10-28-18-42-33-16-37(35(51-3)14-31(33)40(49)45(28)20-24)54-22-26-12-30(53-9-7-8-39(47)48)13-27(44-26)23-55-38-17-34-32(15-36(38)52-4)41(50)46-21-25(6-2)11-29(46)19-43-34;/h5-6,12-19,28-29H,7-11,20-23H2,1-4H3,(H,47,48);1H/b24-5+,25-6+;/t28-,29-;/m0./s1. The highest BCUT2D eigenvalue weighted by atomic mass is 35.5. The lowest BCUT2D eigenvalue weighted by Crippen LogP contribution is -2.35. The van der Waals surface area contributed by atoms with Gasteiger partial charge >= 0.3 is 5.97 Å². The highest BCUT2D eigenvalue weighted by molar-refractivity contribution is 6.04. The SMILES string of the molecule is C/C=C1\C[C@H]2C=Nc3cc(OCc4cc(OCCCC(=O)O)cc(COc5cc6c(cc5OC)C(=O)N5C/C(=C/C)C[C@H]5C=N6)n4)c(OC)cc3C(=O)N2C1.Cl. The van der Waals surface area contributed by atoms with E-state index in [-0.39, 0.29) is 62.5 Å². The van der Waals surface area contributed by atoms with Gasteiger partial charge in [0.15, 0.2) is 23.0 Å². The molecule has 15 heteroatoms. The summed E-state index contributed by atoms with van der Waals surface area (Å²) in [6, 6.07) is 9.89. The summed E-state index contributed by atoms with van der Waals surface area (Å²) in [5.74, 6) is 0.799. The molecule has 4 aliphatic rings. The molecule has 2 fully saturated rings. The molecule has 0 unspecified atom stereocenters. The van der Waals surface area contributed by atoms with E-state index in [2.05, 4.69) is 9.98 Å². The Morgan fingerprint density at radius 3 is 1.66 bits per heavy atom. The molecule has 0 saturated carbocycles. The number of amides is 2. The number of hydrogen-bond donors (Lipinski definition) is 1. The number of carboxylic acid groups (broad SMARTS) is 1. The van der Waals surface area contributed by atoms with E-state index in [9.17, 15) is 14.4 Å². The molecule has 56 heavy (non-hydrogen) atoms. The zero-order valence-corrected chi connectivity index (χ0v) is 32.5. The number of rotatable bonds is 13. The average molecular weight is 786 g/mol. The van der Waals surface area contributed by atoms with Crippen LogP contribution in [0.3, 0.4) is 0 Å². The van der Waals surface area contributed by atoms with Gasteiger partial charge in [0.05, 0.1) is 66.8 Å². The van der Waals surface area contributed by atoms with E-state index in [1.165, 1.54) is 25.4 Å². The number of aliphatic imine (C=N–C) groups is 2. The van der Waals surface area contributed by atoms with Gasteiger partial charge in [0.2, 0.25) is 0 Å². The first-order valence-electron chi connectivity index (χ1n) is 18.2. The number of carbonyl (C=O) groups excluding carboxylic acids is 2. The third-order valence-electron chi connectivity index (χ3n) is 10.1. The molecule has 1 aromatic heterocycles. The number of halogens is 1. The van der Waals surface area contributed by atoms with Gasteiger partial charge in [-0.2, -0.15) is 0 Å². The molecule has 0 radical (unpaired) electrons. The van der Waals surface area contributed by atoms with Crippen molar-refractivity contribution in [3.63, 3.8) is 0 Å². The van der Waals surface area contributed by atoms with E-state index in [1.807, 2.05) is 35.8 Å². The molecule has 2 saturated heterocycles. The molecule has 0 spiro atoms. The minimum absolute atomic E-state index is 0. The van der Waals surface area contributed by atoms with Crippen LogP contribution in [0.4, 0.5) is 11.4 Å². The Bertz CT molecular complexity index is 2010. The number of hydrogen-bond acceptors (Lipinski definition) is 11. The number of aromatic nitrogens is 1. The van der Waals surface area contributed by atoms with E-state index in [0.29, 0.717) is 82.1 Å². The summed E-state index contributed by atoms with van der Waals surface area (Å²) in [6.07, 6.45) is 9.47. The van der Waals surface area contributed by atoms with Crippen LogP contribution in [0.5, 0.6) is 28.7 Å². The third kappa shape index (κ3) is 8.35. The van der Waals surface area contributed by atoms with Gasteiger partial charge in [0.25, 0.3) is 11.8 Å². The van der Waals surface area contributed by atoms with Crippen molar-refractivity contribution in [3.8, 4) is 28.7 Å². The number of allylic oxidation sites excluding steroid dienone is 2. The van der Waals surface area contributed by atoms with Crippen molar-refractivity contribution < 1.29 is 43.2 Å². The second-order valence-corrected chi connectivity index (χ2v) is 13.6. The number of ether oxygens (including phenoxy) is 5. The average Bonchev–Trinajstić information content (AvgIpc) is 3.76. The number of carbonyl (C=O) groups is 3. The lowest BCUT2D eigenvalue weighted by atomic mass is 10.1. The lowest BCUT2D eigenvalue weighted by Gasteiger charge is -2.20. The lowest BCUT2D eigenvalue weighted by molar-refractivity contribution is -0.137. The van der Waals surface area contributed by atoms with Crippen molar-refractivity contribution in [1.29, 1.82) is 0 Å². The largest absolute Gasteiger partial charge is 0.493 e. The van der Waals surface area contributed by atoms with E-state index in [1.54, 1.807) is 48.8 Å². The van der Waals surface area contributed by atoms with Crippen molar-refractivity contribution in [1.82, 2.24) is 14.8 Å². The van der Waals surface area contributed by atoms with Crippen molar-refractivity contribution in [2.24, 2.45) is 9.98 Å². The number of benzene rings is 2. The van der Waals surface area contributed by atoms with Crippen LogP contribution in [-0.2, 0) is 18.0 Å². The molecule has 2 aromatic carbocycles. The Balaban J connectivity index is 0.00000532. The normalized spacial score (nSPS) is 19.4. The molecule has 7 rings (SSSR count). The molecular weight excluding hydrogens is 742 g/mol. The molecule has 294 valence electrons. The summed E-state index contributed by atoms with van der Waals surface area (Å²) in [7, 11) is 3.02. The summed E-state index contributed by atoms with van der Waals surface area (Å²) in [4.78, 5) is 55.9. The zero-order valence-electron chi connectivity index (χ0n) is 31.6. The summed E-state index contributed by atoms with van der Waals surface area (Å²) in [5, 5.41) is 9.09. The van der Waals surface area contributed by atoms with Crippen LogP contribution >= 0.6 is 12.4 Å². The number of aliphatic carboxylic acids is 1. The molecule has 0 bridgehead atoms. The van der Waals surface area contributed by atoms with E-state index in [4.69, 9.17) is 33.8 Å². The molecule has 2 amide bonds. The molecule has 4 aliphatic heterocycles. The van der Waals surface area contributed by atoms with Gasteiger partial charge in [-0.1, -0.05) is 23.3 Å². The maximum absolute atomic E-state index is 13.5. The Morgan fingerprint density at radius 1 is 0.750 bits per heavy atom. The van der Waals surface area contributed by atoms with E-state index >= 15 is 0 Å². The molecule has 5 heterocycles. The minimum Gasteiger partial charge on any atom is -0.493 e. The molecule has 0 aliphatic carbocycles. The summed E-state index contributed by atoms with van der Waals surface area (Å²) in [5.41, 5.74) is 5.21. The second kappa shape index (κ2) is 17.3. The monoisotopic (exact) mass is 785 g/mol. The molecular formula is C41H44ClN5O9. The van der Waals surface area contributed by atoms with Gasteiger partial charge < -0.3 is 38.6 Å². The highest BCUT2D eigenvalue weighted by Gasteiger charge is 2.36. The van der Waals surface area contributed by atoms with Crippen LogP contribution in [0.2, 0.25) is 0 Å². The maximum Gasteiger partial charge on any atom is 0.303 e. The summed E-state index contributed by atoms with van der Waals surface area (Å²) >= 11 is 0. The maximum atomic E-state index is 13.5. The van der Waals surface area contributed by atoms with Gasteiger partial charge in [-0.3, -0.25) is 29.4 Å². The first-order chi connectivity index (χ1) is 26.7. The predicted octanol–water partition coefficient (Wildman–Crippen LogP) is 6.68. The van der Waals surface area contributed by atoms with Crippen LogP contribution < -0.4 is 23.7 Å². The molecule has 1 N–H and O–H groups in total. The van der Waals surface area contributed by atoms with Gasteiger partial charge in [0.1, 0.15) is 19.0 Å². The first kappa shape index (κ1) is 39.8. The van der Waals surface area contributed by atoms with Crippen LogP contribution in [0.15, 0.2) is 69.7 Å². The predicted molar refractivity (Wildman–Crippen MR) is 211 cm³/mol. The Kier molecular flexibility index (Phi) is 12.3. The van der Waals surface area contributed by atoms with Gasteiger partial charge in [0, 0.05) is 56.2 Å². The Labute approximate surface area is 330 Å². The van der Waals surface area contributed by atoms with Crippen molar-refractivity contribution in [2.45, 2.75) is 64.8 Å². The molecule has 3 aromatic rings. The van der Waals surface area contributed by atoms with Crippen molar-refractivity contribution >= 4 is 54.0 Å². The van der Waals surface area contributed by atoms with Crippen LogP contribution in [-0.4, -0.2) is 96.1 Å². The minimum atomic E-state index is -0.908. The Morgan fingerprint density at radius 2 is 1.23 bits per heavy atom. The first-order valence-corrected chi connectivity index (χ1v) is 18.2. The van der Waals surface area contributed by atoms with Crippen LogP contribution in [0, 0.1) is 0 Å². The van der Waals surface area contributed by atoms with Crippen LogP contribution in [0.25, 0.3) is 0 Å². The van der Waals surface area contributed by atoms with Gasteiger partial charge in [-0.15, -0.1) is 12.4 Å². The van der Waals surface area contributed by atoms with Crippen LogP contribution in [0.1, 0.15) is 71.6 Å². The molecule has 14 nitrogen and oxygen atoms in total. The van der Waals surface area contributed by atoms with E-state index < -0.39 is 5.97 Å². The van der Waals surface area contributed by atoms with Crippen molar-refractivity contribution in [2.75, 3.05) is 33.9 Å². The zero-order chi connectivity index (χ0) is 38.6. The van der Waals surface area contributed by atoms with E-state index in [0.717, 1.165) is 12.8 Å². The second-order valence-electron chi connectivity index (χ2n) is 13.6. The number of pyridine rings is 1. The van der Waals surface area contributed by atoms with Gasteiger partial charge in [-0.05, 0) is 45.2 Å². The highest BCUT2D eigenvalue weighted by Crippen LogP contribution is 2.41. The number of carboxylic acids is 1. The smallest absolute Gasteiger partial charge is 0.303 e.